The predicted molar refractivity (Wildman–Crippen MR) is 72.8 cm³/mol. The normalized spacial score (nSPS) is 9.68. The van der Waals surface area contributed by atoms with Crippen LogP contribution in [-0.4, -0.2) is 10.9 Å². The van der Waals surface area contributed by atoms with Gasteiger partial charge < -0.3 is 11.1 Å². The highest BCUT2D eigenvalue weighted by atomic mass is 35.5. The smallest absolute Gasteiger partial charge is 0.257 e. The summed E-state index contributed by atoms with van der Waals surface area (Å²) in [6.07, 6.45) is 1.37. The second kappa shape index (κ2) is 5.38. The summed E-state index contributed by atoms with van der Waals surface area (Å²) in [5, 5.41) is 11.8. The van der Waals surface area contributed by atoms with E-state index in [1.54, 1.807) is 18.2 Å². The van der Waals surface area contributed by atoms with Crippen molar-refractivity contribution in [2.24, 2.45) is 0 Å². The molecule has 94 valence electrons. The lowest BCUT2D eigenvalue weighted by Gasteiger charge is -2.07. The van der Waals surface area contributed by atoms with Crippen molar-refractivity contribution in [2.75, 3.05) is 11.1 Å². The van der Waals surface area contributed by atoms with Gasteiger partial charge in [-0.1, -0.05) is 11.6 Å². The first-order valence-corrected chi connectivity index (χ1v) is 5.70. The summed E-state index contributed by atoms with van der Waals surface area (Å²) in [5.74, 6) is -0.0365. The number of nitrogens with two attached hydrogens (primary N) is 1. The van der Waals surface area contributed by atoms with Crippen molar-refractivity contribution in [3.8, 4) is 6.07 Å². The molecule has 3 N–H and O–H groups in total. The molecule has 1 amide bonds. The summed E-state index contributed by atoms with van der Waals surface area (Å²) in [7, 11) is 0. The van der Waals surface area contributed by atoms with Gasteiger partial charge in [-0.25, -0.2) is 4.98 Å². The third-order valence-corrected chi connectivity index (χ3v) is 2.72. The first-order chi connectivity index (χ1) is 9.10. The quantitative estimate of drug-likeness (QED) is 0.878. The number of carbonyl (C=O) groups excluding carboxylic acids is 1. The number of rotatable bonds is 2. The van der Waals surface area contributed by atoms with E-state index in [0.29, 0.717) is 27.7 Å². The summed E-state index contributed by atoms with van der Waals surface area (Å²) in [4.78, 5) is 15.8. The number of hydrogen-bond acceptors (Lipinski definition) is 4. The zero-order valence-corrected chi connectivity index (χ0v) is 10.5. The van der Waals surface area contributed by atoms with Crippen LogP contribution in [-0.2, 0) is 0 Å². The Balaban J connectivity index is 2.24. The minimum Gasteiger partial charge on any atom is -0.384 e. The molecule has 0 fully saturated rings. The number of anilines is 2. The van der Waals surface area contributed by atoms with Gasteiger partial charge in [0.05, 0.1) is 27.9 Å². The third-order valence-electron chi connectivity index (χ3n) is 2.39. The maximum absolute atomic E-state index is 11.9. The van der Waals surface area contributed by atoms with E-state index in [9.17, 15) is 4.79 Å². The molecular weight excluding hydrogens is 264 g/mol. The van der Waals surface area contributed by atoms with Crippen LogP contribution in [0.4, 0.5) is 11.5 Å². The first kappa shape index (κ1) is 12.9. The van der Waals surface area contributed by atoms with E-state index >= 15 is 0 Å². The van der Waals surface area contributed by atoms with E-state index in [1.807, 2.05) is 6.07 Å². The number of aromatic nitrogens is 1. The van der Waals surface area contributed by atoms with Gasteiger partial charge in [-0.15, -0.1) is 0 Å². The Morgan fingerprint density at radius 3 is 2.79 bits per heavy atom. The van der Waals surface area contributed by atoms with Crippen LogP contribution >= 0.6 is 11.6 Å². The van der Waals surface area contributed by atoms with Crippen LogP contribution < -0.4 is 11.1 Å². The fourth-order valence-electron chi connectivity index (χ4n) is 1.42. The molecular formula is C13H9ClN4O. The number of pyridine rings is 1. The van der Waals surface area contributed by atoms with Gasteiger partial charge in [-0.05, 0) is 30.3 Å². The first-order valence-electron chi connectivity index (χ1n) is 5.32. The molecule has 0 spiro atoms. The molecule has 0 saturated carbocycles. The maximum Gasteiger partial charge on any atom is 0.257 e. The minimum atomic E-state index is -0.371. The Morgan fingerprint density at radius 2 is 2.16 bits per heavy atom. The Bertz CT molecular complexity index is 661. The van der Waals surface area contributed by atoms with E-state index in [-0.39, 0.29) is 5.91 Å². The molecule has 1 heterocycles. The van der Waals surface area contributed by atoms with Crippen LogP contribution in [0.25, 0.3) is 0 Å². The van der Waals surface area contributed by atoms with Crippen LogP contribution in [0.5, 0.6) is 0 Å². The summed E-state index contributed by atoms with van der Waals surface area (Å²) in [5.41, 5.74) is 6.59. The van der Waals surface area contributed by atoms with Gasteiger partial charge in [-0.2, -0.15) is 5.26 Å². The number of hydrogen-bond donors (Lipinski definition) is 2. The molecule has 0 unspecified atom stereocenters. The average Bonchev–Trinajstić information content (AvgIpc) is 2.42. The standard InChI is InChI=1S/C13H9ClN4O/c14-10-3-1-8(6-15)5-11(10)18-13(19)9-2-4-12(16)17-7-9/h1-5,7H,(H2,16,17)(H,18,19). The monoisotopic (exact) mass is 272 g/mol. The van der Waals surface area contributed by atoms with Crippen molar-refractivity contribution in [3.63, 3.8) is 0 Å². The van der Waals surface area contributed by atoms with Crippen molar-refractivity contribution < 1.29 is 4.79 Å². The molecule has 0 aliphatic carbocycles. The molecule has 6 heteroatoms. The van der Waals surface area contributed by atoms with Gasteiger partial charge in [0.15, 0.2) is 0 Å². The van der Waals surface area contributed by atoms with Crippen molar-refractivity contribution in [3.05, 3.63) is 52.7 Å². The number of nitrogens with one attached hydrogen (secondary N) is 1. The molecule has 1 aromatic carbocycles. The van der Waals surface area contributed by atoms with Crippen molar-refractivity contribution in [1.82, 2.24) is 4.98 Å². The molecule has 19 heavy (non-hydrogen) atoms. The van der Waals surface area contributed by atoms with Gasteiger partial charge in [0, 0.05) is 6.20 Å². The molecule has 2 rings (SSSR count). The number of nitrogen functional groups attached to an aromatic ring is 1. The molecule has 0 aliphatic heterocycles. The number of halogens is 1. The number of nitrogens with zero attached hydrogens (tertiary/aromatic N) is 2. The van der Waals surface area contributed by atoms with Gasteiger partial charge in [-0.3, -0.25) is 4.79 Å². The number of benzene rings is 1. The zero-order chi connectivity index (χ0) is 13.8. The fraction of sp³-hybridized carbons (Fsp3) is 0. The van der Waals surface area contributed by atoms with Gasteiger partial charge >= 0.3 is 0 Å². The Morgan fingerprint density at radius 1 is 1.37 bits per heavy atom. The number of nitriles is 1. The summed E-state index contributed by atoms with van der Waals surface area (Å²) >= 11 is 5.95. The molecule has 0 aliphatic rings. The lowest BCUT2D eigenvalue weighted by Crippen LogP contribution is -2.12. The van der Waals surface area contributed by atoms with E-state index < -0.39 is 0 Å². The van der Waals surface area contributed by atoms with Crippen molar-refractivity contribution in [2.45, 2.75) is 0 Å². The molecule has 5 nitrogen and oxygen atoms in total. The topological polar surface area (TPSA) is 91.8 Å². The molecule has 1 aromatic heterocycles. The Labute approximate surface area is 114 Å². The zero-order valence-electron chi connectivity index (χ0n) is 9.72. The van der Waals surface area contributed by atoms with Gasteiger partial charge in [0.1, 0.15) is 5.82 Å². The largest absolute Gasteiger partial charge is 0.384 e. The minimum absolute atomic E-state index is 0.334. The van der Waals surface area contributed by atoms with E-state index in [2.05, 4.69) is 10.3 Å². The SMILES string of the molecule is N#Cc1ccc(Cl)c(NC(=O)c2ccc(N)nc2)c1. The second-order valence-electron chi connectivity index (χ2n) is 3.73. The van der Waals surface area contributed by atoms with Crippen LogP contribution in [0.15, 0.2) is 36.5 Å². The number of carbonyl (C=O) groups is 1. The lowest BCUT2D eigenvalue weighted by atomic mass is 10.2. The van der Waals surface area contributed by atoms with E-state index in [1.165, 1.54) is 18.3 Å². The van der Waals surface area contributed by atoms with Crippen LogP contribution in [0.1, 0.15) is 15.9 Å². The summed E-state index contributed by atoms with van der Waals surface area (Å²) < 4.78 is 0. The highest BCUT2D eigenvalue weighted by Gasteiger charge is 2.09. The number of amides is 1. The second-order valence-corrected chi connectivity index (χ2v) is 4.14. The third kappa shape index (κ3) is 3.00. The Kier molecular flexibility index (Phi) is 3.64. The lowest BCUT2D eigenvalue weighted by molar-refractivity contribution is 0.102. The van der Waals surface area contributed by atoms with Crippen LogP contribution in [0, 0.1) is 11.3 Å². The van der Waals surface area contributed by atoms with Gasteiger partial charge in [0.2, 0.25) is 0 Å². The maximum atomic E-state index is 11.9. The van der Waals surface area contributed by atoms with Crippen molar-refractivity contribution >= 4 is 29.0 Å². The van der Waals surface area contributed by atoms with Gasteiger partial charge in [0.25, 0.3) is 5.91 Å². The van der Waals surface area contributed by atoms with Crippen molar-refractivity contribution in [1.29, 1.82) is 5.26 Å². The van der Waals surface area contributed by atoms with E-state index in [0.717, 1.165) is 0 Å². The fourth-order valence-corrected chi connectivity index (χ4v) is 1.59. The predicted octanol–water partition coefficient (Wildman–Crippen LogP) is 2.44. The summed E-state index contributed by atoms with van der Waals surface area (Å²) in [6, 6.07) is 9.69. The van der Waals surface area contributed by atoms with Crippen LogP contribution in [0.3, 0.4) is 0 Å². The molecule has 0 saturated heterocycles. The summed E-state index contributed by atoms with van der Waals surface area (Å²) in [6.45, 7) is 0. The highest BCUT2D eigenvalue weighted by molar-refractivity contribution is 6.34. The molecule has 0 radical (unpaired) electrons. The molecule has 2 aromatic rings. The highest BCUT2D eigenvalue weighted by Crippen LogP contribution is 2.23. The average molecular weight is 273 g/mol. The van der Waals surface area contributed by atoms with Crippen LogP contribution in [0.2, 0.25) is 5.02 Å². The Hall–Kier alpha value is -2.58. The van der Waals surface area contributed by atoms with E-state index in [4.69, 9.17) is 22.6 Å². The molecule has 0 bridgehead atoms. The molecule has 0 atom stereocenters.